The first-order valence-corrected chi connectivity index (χ1v) is 13.0. The molecule has 0 radical (unpaired) electrons. The number of thiol groups is 1. The molecule has 0 heterocycles. The van der Waals surface area contributed by atoms with Gasteiger partial charge in [-0.15, -0.1) is 0 Å². The van der Waals surface area contributed by atoms with Gasteiger partial charge in [-0.1, -0.05) is 49.1 Å². The van der Waals surface area contributed by atoms with Crippen LogP contribution in [0.25, 0.3) is 0 Å². The van der Waals surface area contributed by atoms with Crippen molar-refractivity contribution in [2.75, 3.05) is 12.3 Å². The Balaban J connectivity index is 3.48. The van der Waals surface area contributed by atoms with Gasteiger partial charge in [0.1, 0.15) is 17.7 Å². The van der Waals surface area contributed by atoms with Gasteiger partial charge in [0.15, 0.2) is 0 Å². The largest absolute Gasteiger partial charge is 0.444 e. The van der Waals surface area contributed by atoms with Crippen molar-refractivity contribution >= 4 is 30.5 Å². The molecule has 2 N–H and O–H groups in total. The third-order valence-corrected chi connectivity index (χ3v) is 5.44. The number of rotatable bonds is 10. The van der Waals surface area contributed by atoms with Crippen LogP contribution in [0.4, 0.5) is 4.79 Å². The normalized spacial score (nSPS) is 13.5. The van der Waals surface area contributed by atoms with Crippen LogP contribution in [0.2, 0.25) is 0 Å². The molecular formula is C27H45N3O4S. The Bertz CT molecular complexity index is 854. The molecule has 0 saturated carbocycles. The van der Waals surface area contributed by atoms with Crippen molar-refractivity contribution in [2.45, 2.75) is 105 Å². The summed E-state index contributed by atoms with van der Waals surface area (Å²) in [5.74, 6) is -0.555. The van der Waals surface area contributed by atoms with Gasteiger partial charge in [0.25, 0.3) is 0 Å². The Morgan fingerprint density at radius 3 is 2.03 bits per heavy atom. The number of nitrogens with zero attached hydrogens (tertiary/aromatic N) is 1. The van der Waals surface area contributed by atoms with Crippen LogP contribution in [-0.2, 0) is 14.3 Å². The van der Waals surface area contributed by atoms with E-state index in [1.54, 1.807) is 25.7 Å². The molecule has 1 aromatic rings. The van der Waals surface area contributed by atoms with Gasteiger partial charge in [-0.25, -0.2) is 4.79 Å². The summed E-state index contributed by atoms with van der Waals surface area (Å²) >= 11 is 4.34. The molecule has 1 aromatic carbocycles. The first-order valence-electron chi connectivity index (χ1n) is 12.4. The van der Waals surface area contributed by atoms with E-state index in [-0.39, 0.29) is 17.6 Å². The molecule has 1 rings (SSSR count). The molecule has 7 nitrogen and oxygen atoms in total. The van der Waals surface area contributed by atoms with E-state index in [0.29, 0.717) is 6.54 Å². The fourth-order valence-corrected chi connectivity index (χ4v) is 4.06. The van der Waals surface area contributed by atoms with Crippen LogP contribution in [0.1, 0.15) is 90.5 Å². The highest BCUT2D eigenvalue weighted by Gasteiger charge is 2.36. The zero-order valence-corrected chi connectivity index (χ0v) is 23.8. The number of hydrogen-bond donors (Lipinski definition) is 3. The summed E-state index contributed by atoms with van der Waals surface area (Å²) in [6, 6.07) is 4.13. The standard InChI is InChI=1S/C27H45N3O4S/c1-10-11-12-13-30(24(32)21(17-35)28-25(33)34-27(7,8)9)22(23(31)29-26(4,5)6)20-15-18(2)14-19(3)16-20/h14-16,21-22,35H,10-13,17H2,1-9H3,(H,28,33)(H,29,31). The van der Waals surface area contributed by atoms with E-state index in [2.05, 4.69) is 30.2 Å². The molecule has 2 unspecified atom stereocenters. The molecule has 35 heavy (non-hydrogen) atoms. The molecule has 0 aliphatic heterocycles. The maximum atomic E-state index is 13.9. The monoisotopic (exact) mass is 507 g/mol. The first-order chi connectivity index (χ1) is 16.1. The number of unbranched alkanes of at least 4 members (excludes halogenated alkanes) is 2. The second kappa shape index (κ2) is 13.2. The highest BCUT2D eigenvalue weighted by atomic mass is 32.1. The predicted octanol–water partition coefficient (Wildman–Crippen LogP) is 5.10. The van der Waals surface area contributed by atoms with Crippen molar-refractivity contribution in [1.29, 1.82) is 0 Å². The fraction of sp³-hybridized carbons (Fsp3) is 0.667. The van der Waals surface area contributed by atoms with Crippen LogP contribution >= 0.6 is 12.6 Å². The second-order valence-corrected chi connectivity index (χ2v) is 11.5. The van der Waals surface area contributed by atoms with Crippen molar-refractivity contribution in [2.24, 2.45) is 0 Å². The Labute approximate surface area is 217 Å². The molecule has 3 amide bonds. The lowest BCUT2D eigenvalue weighted by molar-refractivity contribution is -0.142. The lowest BCUT2D eigenvalue weighted by Crippen LogP contribution is -2.55. The zero-order chi connectivity index (χ0) is 27.0. The molecule has 0 bridgehead atoms. The van der Waals surface area contributed by atoms with Gasteiger partial charge in [-0.05, 0) is 67.4 Å². The highest BCUT2D eigenvalue weighted by Crippen LogP contribution is 2.26. The van der Waals surface area contributed by atoms with Crippen LogP contribution < -0.4 is 10.6 Å². The third kappa shape index (κ3) is 10.9. The van der Waals surface area contributed by atoms with Gasteiger partial charge >= 0.3 is 6.09 Å². The average Bonchev–Trinajstić information content (AvgIpc) is 2.67. The van der Waals surface area contributed by atoms with Crippen LogP contribution in [-0.4, -0.2) is 52.3 Å². The lowest BCUT2D eigenvalue weighted by Gasteiger charge is -2.36. The lowest BCUT2D eigenvalue weighted by atomic mass is 9.97. The minimum absolute atomic E-state index is 0.0722. The van der Waals surface area contributed by atoms with Crippen molar-refractivity contribution < 1.29 is 19.1 Å². The zero-order valence-electron chi connectivity index (χ0n) is 22.9. The summed E-state index contributed by atoms with van der Waals surface area (Å²) in [4.78, 5) is 41.5. The smallest absolute Gasteiger partial charge is 0.408 e. The molecule has 8 heteroatoms. The maximum Gasteiger partial charge on any atom is 0.408 e. The van der Waals surface area contributed by atoms with Crippen LogP contribution in [0.3, 0.4) is 0 Å². The van der Waals surface area contributed by atoms with E-state index < -0.39 is 29.3 Å². The summed E-state index contributed by atoms with van der Waals surface area (Å²) < 4.78 is 5.35. The third-order valence-electron chi connectivity index (χ3n) is 5.08. The van der Waals surface area contributed by atoms with Crippen molar-refractivity contribution in [1.82, 2.24) is 15.5 Å². The number of amides is 3. The molecule has 0 spiro atoms. The second-order valence-electron chi connectivity index (χ2n) is 11.2. The average molecular weight is 508 g/mol. The Hall–Kier alpha value is -2.22. The number of hydrogen-bond acceptors (Lipinski definition) is 5. The summed E-state index contributed by atoms with van der Waals surface area (Å²) in [6.45, 7) is 17.4. The van der Waals surface area contributed by atoms with Crippen molar-refractivity contribution in [3.05, 3.63) is 34.9 Å². The van der Waals surface area contributed by atoms with Gasteiger partial charge in [0.05, 0.1) is 0 Å². The van der Waals surface area contributed by atoms with Gasteiger partial charge in [-0.2, -0.15) is 12.6 Å². The molecule has 2 atom stereocenters. The summed E-state index contributed by atoms with van der Waals surface area (Å²) in [5, 5.41) is 5.70. The SMILES string of the molecule is CCCCCN(C(=O)C(CS)NC(=O)OC(C)(C)C)C(C(=O)NC(C)(C)C)c1cc(C)cc(C)c1. The minimum atomic E-state index is -0.939. The number of benzene rings is 1. The molecule has 0 fully saturated rings. The topological polar surface area (TPSA) is 87.7 Å². The van der Waals surface area contributed by atoms with Crippen LogP contribution in [0, 0.1) is 13.8 Å². The van der Waals surface area contributed by atoms with Crippen LogP contribution in [0.5, 0.6) is 0 Å². The molecule has 0 saturated heterocycles. The molecule has 0 aliphatic carbocycles. The van der Waals surface area contributed by atoms with E-state index in [9.17, 15) is 14.4 Å². The molecule has 0 aromatic heterocycles. The highest BCUT2D eigenvalue weighted by molar-refractivity contribution is 7.80. The quantitative estimate of drug-likeness (QED) is 0.304. The van der Waals surface area contributed by atoms with E-state index in [4.69, 9.17) is 4.74 Å². The van der Waals surface area contributed by atoms with E-state index in [1.807, 2.05) is 52.8 Å². The maximum absolute atomic E-state index is 13.9. The van der Waals surface area contributed by atoms with Crippen LogP contribution in [0.15, 0.2) is 18.2 Å². The Morgan fingerprint density at radius 1 is 1.00 bits per heavy atom. The number of nitrogens with one attached hydrogen (secondary N) is 2. The van der Waals surface area contributed by atoms with Crippen molar-refractivity contribution in [3.63, 3.8) is 0 Å². The number of carbonyl (C=O) groups excluding carboxylic acids is 3. The summed E-state index contributed by atoms with van der Waals surface area (Å²) in [5.41, 5.74) is 1.57. The number of aryl methyl sites for hydroxylation is 2. The number of alkyl carbamates (subject to hydrolysis) is 1. The number of ether oxygens (including phenoxy) is 1. The van der Waals surface area contributed by atoms with Crippen molar-refractivity contribution in [3.8, 4) is 0 Å². The van der Waals surface area contributed by atoms with Gasteiger partial charge in [-0.3, -0.25) is 9.59 Å². The van der Waals surface area contributed by atoms with Gasteiger partial charge in [0.2, 0.25) is 11.8 Å². The molecular weight excluding hydrogens is 462 g/mol. The fourth-order valence-electron chi connectivity index (χ4n) is 3.81. The Kier molecular flexibility index (Phi) is 11.6. The van der Waals surface area contributed by atoms with E-state index in [0.717, 1.165) is 36.0 Å². The molecule has 0 aliphatic rings. The summed E-state index contributed by atoms with van der Waals surface area (Å²) in [7, 11) is 0. The van der Waals surface area contributed by atoms with E-state index in [1.165, 1.54) is 0 Å². The molecule has 198 valence electrons. The van der Waals surface area contributed by atoms with E-state index >= 15 is 0 Å². The number of carbonyl (C=O) groups is 3. The minimum Gasteiger partial charge on any atom is -0.444 e. The summed E-state index contributed by atoms with van der Waals surface area (Å²) in [6.07, 6.45) is 1.92. The predicted molar refractivity (Wildman–Crippen MR) is 145 cm³/mol. The van der Waals surface area contributed by atoms with Gasteiger partial charge < -0.3 is 20.3 Å². The van der Waals surface area contributed by atoms with Gasteiger partial charge in [0, 0.05) is 17.8 Å². The Morgan fingerprint density at radius 2 is 1.57 bits per heavy atom. The first kappa shape index (κ1) is 30.8.